The summed E-state index contributed by atoms with van der Waals surface area (Å²) in [6.45, 7) is 3.40. The van der Waals surface area contributed by atoms with Crippen molar-refractivity contribution in [3.05, 3.63) is 18.2 Å². The second-order valence-electron chi connectivity index (χ2n) is 5.41. The first-order chi connectivity index (χ1) is 8.70. The second kappa shape index (κ2) is 4.76. The first-order valence-corrected chi connectivity index (χ1v) is 7.42. The number of rotatable bonds is 3. The van der Waals surface area contributed by atoms with Gasteiger partial charge in [-0.15, -0.1) is 0 Å². The van der Waals surface area contributed by atoms with E-state index in [1.165, 1.54) is 19.3 Å². The van der Waals surface area contributed by atoms with Crippen LogP contribution < -0.4 is 11.1 Å². The Balaban J connectivity index is 1.67. The number of aromatic nitrogens is 1. The van der Waals surface area contributed by atoms with Crippen LogP contribution in [0.2, 0.25) is 0 Å². The minimum atomic E-state index is 0.808. The highest BCUT2D eigenvalue weighted by molar-refractivity contribution is 7.22. The van der Waals surface area contributed by atoms with Gasteiger partial charge in [0, 0.05) is 12.2 Å². The molecule has 1 fully saturated rings. The zero-order valence-corrected chi connectivity index (χ0v) is 11.5. The molecule has 3 rings (SSSR count). The maximum atomic E-state index is 5.78. The molecule has 0 aliphatic heterocycles. The van der Waals surface area contributed by atoms with E-state index in [1.807, 2.05) is 18.2 Å². The number of nitrogens with zero attached hydrogens (tertiary/aromatic N) is 1. The Bertz CT molecular complexity index is 549. The molecule has 0 saturated heterocycles. The molecule has 2 aromatic rings. The Labute approximate surface area is 111 Å². The molecule has 3 nitrogen and oxygen atoms in total. The van der Waals surface area contributed by atoms with E-state index in [1.54, 1.807) is 11.3 Å². The monoisotopic (exact) mass is 261 g/mol. The highest BCUT2D eigenvalue weighted by Gasteiger charge is 2.21. The number of thiazole rings is 1. The molecule has 18 heavy (non-hydrogen) atoms. The van der Waals surface area contributed by atoms with Gasteiger partial charge in [0.1, 0.15) is 0 Å². The van der Waals surface area contributed by atoms with Crippen molar-refractivity contribution < 1.29 is 0 Å². The molecule has 1 saturated carbocycles. The smallest absolute Gasteiger partial charge is 0.183 e. The van der Waals surface area contributed by atoms with E-state index in [0.29, 0.717) is 0 Å². The molecule has 96 valence electrons. The van der Waals surface area contributed by atoms with Gasteiger partial charge in [0.25, 0.3) is 0 Å². The van der Waals surface area contributed by atoms with Crippen LogP contribution in [-0.4, -0.2) is 11.5 Å². The van der Waals surface area contributed by atoms with E-state index < -0.39 is 0 Å². The molecule has 4 heteroatoms. The third kappa shape index (κ3) is 2.43. The van der Waals surface area contributed by atoms with Gasteiger partial charge in [-0.25, -0.2) is 4.98 Å². The number of fused-ring (bicyclic) bond motifs is 1. The summed E-state index contributed by atoms with van der Waals surface area (Å²) < 4.78 is 1.16. The van der Waals surface area contributed by atoms with Crippen molar-refractivity contribution >= 4 is 32.4 Å². The number of nitrogen functional groups attached to an aromatic ring is 1. The Morgan fingerprint density at radius 3 is 3.11 bits per heavy atom. The van der Waals surface area contributed by atoms with Gasteiger partial charge in [-0.2, -0.15) is 0 Å². The van der Waals surface area contributed by atoms with Crippen molar-refractivity contribution in [1.82, 2.24) is 4.98 Å². The summed E-state index contributed by atoms with van der Waals surface area (Å²) in [5.41, 5.74) is 7.63. The number of anilines is 2. The van der Waals surface area contributed by atoms with Crippen LogP contribution in [0, 0.1) is 11.8 Å². The lowest BCUT2D eigenvalue weighted by atomic mass is 10.1. The summed E-state index contributed by atoms with van der Waals surface area (Å²) >= 11 is 1.69. The third-order valence-corrected chi connectivity index (χ3v) is 4.73. The Kier molecular flexibility index (Phi) is 3.12. The van der Waals surface area contributed by atoms with Crippen LogP contribution in [0.25, 0.3) is 10.2 Å². The van der Waals surface area contributed by atoms with Crippen LogP contribution in [0.1, 0.15) is 26.2 Å². The molecule has 1 aromatic heterocycles. The number of nitrogens with two attached hydrogens (primary N) is 1. The van der Waals surface area contributed by atoms with Crippen LogP contribution in [0.5, 0.6) is 0 Å². The lowest BCUT2D eigenvalue weighted by Crippen LogP contribution is -2.11. The van der Waals surface area contributed by atoms with Gasteiger partial charge >= 0.3 is 0 Å². The maximum absolute atomic E-state index is 5.78. The molecule has 0 spiro atoms. The summed E-state index contributed by atoms with van der Waals surface area (Å²) in [5, 5.41) is 4.51. The number of hydrogen-bond acceptors (Lipinski definition) is 4. The van der Waals surface area contributed by atoms with E-state index in [4.69, 9.17) is 5.73 Å². The zero-order chi connectivity index (χ0) is 12.5. The van der Waals surface area contributed by atoms with Crippen molar-refractivity contribution in [2.24, 2.45) is 11.8 Å². The van der Waals surface area contributed by atoms with Crippen molar-refractivity contribution in [3.63, 3.8) is 0 Å². The summed E-state index contributed by atoms with van der Waals surface area (Å²) in [7, 11) is 0. The quantitative estimate of drug-likeness (QED) is 0.828. The van der Waals surface area contributed by atoms with Gasteiger partial charge in [-0.3, -0.25) is 0 Å². The Hall–Kier alpha value is -1.29. The molecule has 3 N–H and O–H groups in total. The normalized spacial score (nSPS) is 23.6. The van der Waals surface area contributed by atoms with E-state index in [2.05, 4.69) is 17.2 Å². The van der Waals surface area contributed by atoms with Gasteiger partial charge in [0.2, 0.25) is 0 Å². The van der Waals surface area contributed by atoms with Crippen molar-refractivity contribution in [2.75, 3.05) is 17.6 Å². The van der Waals surface area contributed by atoms with Gasteiger partial charge in [-0.1, -0.05) is 24.7 Å². The largest absolute Gasteiger partial charge is 0.399 e. The topological polar surface area (TPSA) is 50.9 Å². The lowest BCUT2D eigenvalue weighted by Gasteiger charge is -2.09. The lowest BCUT2D eigenvalue weighted by molar-refractivity contribution is 0.537. The highest BCUT2D eigenvalue weighted by atomic mass is 32.1. The van der Waals surface area contributed by atoms with Gasteiger partial charge in [0.05, 0.1) is 10.2 Å². The standard InChI is InChI=1S/C14H19N3S/c1-9-2-3-10(6-9)8-16-14-17-12-5-4-11(15)7-13(12)18-14/h4-5,7,9-10H,2-3,6,8,15H2,1H3,(H,16,17). The zero-order valence-electron chi connectivity index (χ0n) is 10.6. The molecule has 1 aliphatic rings. The molecule has 1 heterocycles. The van der Waals surface area contributed by atoms with E-state index in [0.717, 1.165) is 39.4 Å². The van der Waals surface area contributed by atoms with Crippen LogP contribution in [-0.2, 0) is 0 Å². The fourth-order valence-corrected chi connectivity index (χ4v) is 3.68. The molecule has 2 atom stereocenters. The predicted octanol–water partition coefficient (Wildman–Crippen LogP) is 3.73. The molecule has 1 aromatic carbocycles. The molecule has 1 aliphatic carbocycles. The molecule has 0 radical (unpaired) electrons. The fourth-order valence-electron chi connectivity index (χ4n) is 2.76. The SMILES string of the molecule is CC1CCC(CNc2nc3ccc(N)cc3s2)C1. The summed E-state index contributed by atoms with van der Waals surface area (Å²) in [5.74, 6) is 1.71. The minimum Gasteiger partial charge on any atom is -0.399 e. The number of benzene rings is 1. The van der Waals surface area contributed by atoms with E-state index >= 15 is 0 Å². The summed E-state index contributed by atoms with van der Waals surface area (Å²) in [4.78, 5) is 4.59. The maximum Gasteiger partial charge on any atom is 0.183 e. The third-order valence-electron chi connectivity index (χ3n) is 3.76. The van der Waals surface area contributed by atoms with Gasteiger partial charge < -0.3 is 11.1 Å². The van der Waals surface area contributed by atoms with Crippen LogP contribution in [0.3, 0.4) is 0 Å². The summed E-state index contributed by atoms with van der Waals surface area (Å²) in [6.07, 6.45) is 4.08. The predicted molar refractivity (Wildman–Crippen MR) is 79.0 cm³/mol. The Morgan fingerprint density at radius 2 is 2.33 bits per heavy atom. The van der Waals surface area contributed by atoms with E-state index in [9.17, 15) is 0 Å². The minimum absolute atomic E-state index is 0.808. The van der Waals surface area contributed by atoms with Crippen molar-refractivity contribution in [1.29, 1.82) is 0 Å². The molecule has 2 unspecified atom stereocenters. The fraction of sp³-hybridized carbons (Fsp3) is 0.500. The first kappa shape index (κ1) is 11.8. The molecule has 0 bridgehead atoms. The highest BCUT2D eigenvalue weighted by Crippen LogP contribution is 2.32. The average molecular weight is 261 g/mol. The van der Waals surface area contributed by atoms with E-state index in [-0.39, 0.29) is 0 Å². The Morgan fingerprint density at radius 1 is 1.44 bits per heavy atom. The van der Waals surface area contributed by atoms with Crippen LogP contribution in [0.4, 0.5) is 10.8 Å². The second-order valence-corrected chi connectivity index (χ2v) is 6.44. The van der Waals surface area contributed by atoms with Crippen molar-refractivity contribution in [2.45, 2.75) is 26.2 Å². The molecular weight excluding hydrogens is 242 g/mol. The molecular formula is C14H19N3S. The summed E-state index contributed by atoms with van der Waals surface area (Å²) in [6, 6.07) is 5.89. The number of hydrogen-bond donors (Lipinski definition) is 2. The van der Waals surface area contributed by atoms with Gasteiger partial charge in [-0.05, 0) is 42.9 Å². The van der Waals surface area contributed by atoms with Gasteiger partial charge in [0.15, 0.2) is 5.13 Å². The van der Waals surface area contributed by atoms with Crippen molar-refractivity contribution in [3.8, 4) is 0 Å². The molecule has 0 amide bonds. The van der Waals surface area contributed by atoms with Crippen LogP contribution >= 0.6 is 11.3 Å². The van der Waals surface area contributed by atoms with Crippen LogP contribution in [0.15, 0.2) is 18.2 Å². The number of nitrogens with one attached hydrogen (secondary N) is 1. The first-order valence-electron chi connectivity index (χ1n) is 6.60. The average Bonchev–Trinajstić information content (AvgIpc) is 2.92.